The predicted octanol–water partition coefficient (Wildman–Crippen LogP) is 3.72. The topological polar surface area (TPSA) is 20.3 Å². The summed E-state index contributed by atoms with van der Waals surface area (Å²) < 4.78 is 0. The van der Waals surface area contributed by atoms with E-state index in [4.69, 9.17) is 0 Å². The normalized spacial score (nSPS) is 22.4. The van der Waals surface area contributed by atoms with Gasteiger partial charge in [-0.05, 0) is 24.0 Å². The van der Waals surface area contributed by atoms with Gasteiger partial charge in [0.2, 0.25) is 6.41 Å². The van der Waals surface area contributed by atoms with Crippen LogP contribution in [0.3, 0.4) is 0 Å². The molecule has 0 aliphatic carbocycles. The first-order chi connectivity index (χ1) is 9.40. The molecule has 1 heterocycles. The molecule has 1 fully saturated rings. The molecule has 3 rings (SSSR count). The Morgan fingerprint density at radius 1 is 0.789 bits per heavy atom. The monoisotopic (exact) mass is 251 g/mol. The van der Waals surface area contributed by atoms with Crippen molar-refractivity contribution >= 4 is 6.41 Å². The molecule has 0 saturated carbocycles. The van der Waals surface area contributed by atoms with Gasteiger partial charge in [-0.15, -0.1) is 0 Å². The van der Waals surface area contributed by atoms with E-state index in [2.05, 4.69) is 24.3 Å². The second-order valence-corrected chi connectivity index (χ2v) is 4.98. The van der Waals surface area contributed by atoms with Crippen LogP contribution in [0, 0.1) is 0 Å². The third kappa shape index (κ3) is 2.26. The largest absolute Gasteiger partial charge is 0.331 e. The fraction of sp³-hybridized carbons (Fsp3) is 0.235. The molecule has 2 nitrogen and oxygen atoms in total. The number of benzene rings is 2. The van der Waals surface area contributed by atoms with Crippen molar-refractivity contribution in [2.24, 2.45) is 0 Å². The van der Waals surface area contributed by atoms with Crippen molar-refractivity contribution in [3.63, 3.8) is 0 Å². The Hall–Kier alpha value is -2.09. The molecule has 2 heteroatoms. The van der Waals surface area contributed by atoms with Crippen molar-refractivity contribution in [2.75, 3.05) is 0 Å². The Bertz CT molecular complexity index is 490. The zero-order chi connectivity index (χ0) is 13.1. The van der Waals surface area contributed by atoms with E-state index in [1.54, 1.807) is 0 Å². The number of hydrogen-bond donors (Lipinski definition) is 0. The SMILES string of the molecule is O=CN1[C@H](c2ccccc2)CC[C@H]1c1ccccc1. The molecule has 0 aromatic heterocycles. The number of nitrogens with zero attached hydrogens (tertiary/aromatic N) is 1. The summed E-state index contributed by atoms with van der Waals surface area (Å²) in [5, 5.41) is 0. The molecule has 0 N–H and O–H groups in total. The average molecular weight is 251 g/mol. The van der Waals surface area contributed by atoms with Crippen LogP contribution in [-0.2, 0) is 4.79 Å². The van der Waals surface area contributed by atoms with Crippen molar-refractivity contribution in [1.29, 1.82) is 0 Å². The lowest BCUT2D eigenvalue weighted by Crippen LogP contribution is -2.24. The number of likely N-dealkylation sites (tertiary alicyclic amines) is 1. The standard InChI is InChI=1S/C17H17NO/c19-13-18-16(14-7-3-1-4-8-14)11-12-17(18)15-9-5-2-6-10-15/h1-10,13,16-17H,11-12H2/t16-,17-/m0/s1. The summed E-state index contributed by atoms with van der Waals surface area (Å²) in [6, 6.07) is 21.0. The second-order valence-electron chi connectivity index (χ2n) is 4.98. The van der Waals surface area contributed by atoms with Crippen molar-refractivity contribution in [3.8, 4) is 0 Å². The summed E-state index contributed by atoms with van der Waals surface area (Å²) in [6.45, 7) is 0. The number of amides is 1. The van der Waals surface area contributed by atoms with Crippen molar-refractivity contribution < 1.29 is 4.79 Å². The molecule has 0 bridgehead atoms. The van der Waals surface area contributed by atoms with Gasteiger partial charge in [-0.25, -0.2) is 0 Å². The van der Waals surface area contributed by atoms with Gasteiger partial charge in [-0.3, -0.25) is 4.79 Å². The Morgan fingerprint density at radius 3 is 1.58 bits per heavy atom. The zero-order valence-electron chi connectivity index (χ0n) is 10.8. The molecule has 1 aliphatic heterocycles. The number of rotatable bonds is 3. The molecule has 2 aromatic carbocycles. The summed E-state index contributed by atoms with van der Waals surface area (Å²) in [5.41, 5.74) is 2.46. The van der Waals surface area contributed by atoms with Gasteiger partial charge in [0, 0.05) is 0 Å². The van der Waals surface area contributed by atoms with Crippen molar-refractivity contribution in [1.82, 2.24) is 4.90 Å². The first-order valence-corrected chi connectivity index (χ1v) is 6.73. The molecule has 0 radical (unpaired) electrons. The van der Waals surface area contributed by atoms with E-state index in [9.17, 15) is 4.79 Å². The van der Waals surface area contributed by atoms with Gasteiger partial charge < -0.3 is 4.90 Å². The Balaban J connectivity index is 1.89. The van der Waals surface area contributed by atoms with Crippen LogP contribution in [0.15, 0.2) is 60.7 Å². The minimum absolute atomic E-state index is 0.212. The predicted molar refractivity (Wildman–Crippen MR) is 75.5 cm³/mol. The first-order valence-electron chi connectivity index (χ1n) is 6.73. The summed E-state index contributed by atoms with van der Waals surface area (Å²) in [4.78, 5) is 13.5. The van der Waals surface area contributed by atoms with Gasteiger partial charge in [0.15, 0.2) is 0 Å². The summed E-state index contributed by atoms with van der Waals surface area (Å²) in [6.07, 6.45) is 3.06. The van der Waals surface area contributed by atoms with E-state index in [0.29, 0.717) is 0 Å². The highest BCUT2D eigenvalue weighted by Crippen LogP contribution is 2.42. The van der Waals surface area contributed by atoms with Gasteiger partial charge in [-0.1, -0.05) is 60.7 Å². The third-order valence-corrected chi connectivity index (χ3v) is 3.92. The molecule has 2 atom stereocenters. The quantitative estimate of drug-likeness (QED) is 0.761. The van der Waals surface area contributed by atoms with Crippen LogP contribution in [-0.4, -0.2) is 11.3 Å². The molecule has 0 spiro atoms. The lowest BCUT2D eigenvalue weighted by molar-refractivity contribution is -0.121. The van der Waals surface area contributed by atoms with Crippen LogP contribution in [0.25, 0.3) is 0 Å². The Morgan fingerprint density at radius 2 is 1.21 bits per heavy atom. The van der Waals surface area contributed by atoms with E-state index >= 15 is 0 Å². The fourth-order valence-corrected chi connectivity index (χ4v) is 3.01. The molecule has 2 aromatic rings. The third-order valence-electron chi connectivity index (χ3n) is 3.92. The minimum Gasteiger partial charge on any atom is -0.331 e. The molecule has 19 heavy (non-hydrogen) atoms. The smallest absolute Gasteiger partial charge is 0.210 e. The molecule has 0 unspecified atom stereocenters. The Kier molecular flexibility index (Phi) is 3.32. The molecule has 96 valence electrons. The van der Waals surface area contributed by atoms with E-state index in [1.807, 2.05) is 41.3 Å². The minimum atomic E-state index is 0.212. The summed E-state index contributed by atoms with van der Waals surface area (Å²) >= 11 is 0. The maximum absolute atomic E-state index is 11.5. The lowest BCUT2D eigenvalue weighted by Gasteiger charge is -2.26. The van der Waals surface area contributed by atoms with Gasteiger partial charge in [0.25, 0.3) is 0 Å². The number of hydrogen-bond acceptors (Lipinski definition) is 1. The second kappa shape index (κ2) is 5.27. The van der Waals surface area contributed by atoms with Crippen LogP contribution in [0.4, 0.5) is 0 Å². The van der Waals surface area contributed by atoms with Crippen LogP contribution in [0.1, 0.15) is 36.1 Å². The fourth-order valence-electron chi connectivity index (χ4n) is 3.01. The van der Waals surface area contributed by atoms with Crippen molar-refractivity contribution in [2.45, 2.75) is 24.9 Å². The maximum atomic E-state index is 11.5. The highest BCUT2D eigenvalue weighted by Gasteiger charge is 2.33. The molecular formula is C17H17NO. The van der Waals surface area contributed by atoms with Crippen molar-refractivity contribution in [3.05, 3.63) is 71.8 Å². The number of carbonyl (C=O) groups excluding carboxylic acids is 1. The maximum Gasteiger partial charge on any atom is 0.210 e. The van der Waals surface area contributed by atoms with E-state index < -0.39 is 0 Å². The van der Waals surface area contributed by atoms with Crippen LogP contribution >= 0.6 is 0 Å². The van der Waals surface area contributed by atoms with E-state index in [-0.39, 0.29) is 12.1 Å². The van der Waals surface area contributed by atoms with Crippen LogP contribution in [0.5, 0.6) is 0 Å². The lowest BCUT2D eigenvalue weighted by atomic mass is 10.0. The molecule has 1 saturated heterocycles. The van der Waals surface area contributed by atoms with Gasteiger partial charge in [0.1, 0.15) is 0 Å². The summed E-state index contributed by atoms with van der Waals surface area (Å²) in [5.74, 6) is 0. The highest BCUT2D eigenvalue weighted by molar-refractivity contribution is 5.51. The number of carbonyl (C=O) groups is 1. The average Bonchev–Trinajstić information content (AvgIpc) is 2.93. The first kappa shape index (κ1) is 12.0. The molecule has 1 aliphatic rings. The summed E-state index contributed by atoms with van der Waals surface area (Å²) in [7, 11) is 0. The van der Waals surface area contributed by atoms with E-state index in [1.165, 1.54) is 11.1 Å². The zero-order valence-corrected chi connectivity index (χ0v) is 10.8. The van der Waals surface area contributed by atoms with Crippen LogP contribution in [0.2, 0.25) is 0 Å². The highest BCUT2D eigenvalue weighted by atomic mass is 16.1. The van der Waals surface area contributed by atoms with Crippen LogP contribution < -0.4 is 0 Å². The van der Waals surface area contributed by atoms with E-state index in [0.717, 1.165) is 19.3 Å². The van der Waals surface area contributed by atoms with Gasteiger partial charge in [-0.2, -0.15) is 0 Å². The molecular weight excluding hydrogens is 234 g/mol. The van der Waals surface area contributed by atoms with Gasteiger partial charge >= 0.3 is 0 Å². The Labute approximate surface area is 113 Å². The van der Waals surface area contributed by atoms with Gasteiger partial charge in [0.05, 0.1) is 12.1 Å². The molecule has 1 amide bonds.